The summed E-state index contributed by atoms with van der Waals surface area (Å²) < 4.78 is 24.0. The highest BCUT2D eigenvalue weighted by Gasteiger charge is 2.21. The summed E-state index contributed by atoms with van der Waals surface area (Å²) in [5, 5.41) is 12.8. The lowest BCUT2D eigenvalue weighted by Gasteiger charge is -2.23. The minimum Gasteiger partial charge on any atom is -0.460 e. The maximum atomic E-state index is 11.8. The molecule has 10 heteroatoms. The number of carbonyl (C=O) groups is 1. The first kappa shape index (κ1) is 26.1. The van der Waals surface area contributed by atoms with E-state index in [0.29, 0.717) is 26.2 Å². The van der Waals surface area contributed by atoms with Crippen LogP contribution in [0.3, 0.4) is 0 Å². The van der Waals surface area contributed by atoms with Crippen LogP contribution in [0.4, 0.5) is 5.69 Å². The summed E-state index contributed by atoms with van der Waals surface area (Å²) >= 11 is 0. The Kier molecular flexibility index (Phi) is 8.93. The summed E-state index contributed by atoms with van der Waals surface area (Å²) in [6, 6.07) is 1.99. The normalized spacial score (nSPS) is 16.4. The fourth-order valence-corrected chi connectivity index (χ4v) is 4.17. The standard InChI is InChI=1S/C26H37N5O5/c1-26(2,3)36-24(32)10-5-4-7-12-33-14-11-27-22-15-21(19-16-29-35-18-19)30-25-20(22)17-28-31(25)23-9-6-8-13-34-23/h15-18,23H,4-14H2,1-3H3,(H,27,30). The van der Waals surface area contributed by atoms with Gasteiger partial charge in [0, 0.05) is 31.9 Å². The largest absolute Gasteiger partial charge is 0.460 e. The Balaban J connectivity index is 1.28. The molecule has 0 spiro atoms. The zero-order valence-corrected chi connectivity index (χ0v) is 21.5. The minimum atomic E-state index is -0.425. The molecule has 0 aliphatic carbocycles. The number of carbonyl (C=O) groups excluding carboxylic acids is 1. The van der Waals surface area contributed by atoms with E-state index >= 15 is 0 Å². The maximum Gasteiger partial charge on any atom is 0.306 e. The van der Waals surface area contributed by atoms with Gasteiger partial charge in [-0.15, -0.1) is 0 Å². The topological polar surface area (TPSA) is 114 Å². The number of unbranched alkanes of at least 4 members (excludes halogenated alkanes) is 2. The molecule has 3 aromatic rings. The molecule has 10 nitrogen and oxygen atoms in total. The van der Waals surface area contributed by atoms with Gasteiger partial charge < -0.3 is 24.1 Å². The molecule has 0 radical (unpaired) electrons. The van der Waals surface area contributed by atoms with E-state index in [1.165, 1.54) is 0 Å². The number of pyridine rings is 1. The number of ether oxygens (including phenoxy) is 3. The second kappa shape index (κ2) is 12.3. The smallest absolute Gasteiger partial charge is 0.306 e. The van der Waals surface area contributed by atoms with Gasteiger partial charge in [0.05, 0.1) is 35.6 Å². The summed E-state index contributed by atoms with van der Waals surface area (Å²) in [6.45, 7) is 8.26. The van der Waals surface area contributed by atoms with Crippen LogP contribution in [0.25, 0.3) is 22.3 Å². The molecule has 4 heterocycles. The Morgan fingerprint density at radius 2 is 2.08 bits per heavy atom. The Labute approximate surface area is 211 Å². The van der Waals surface area contributed by atoms with Crippen LogP contribution in [0.5, 0.6) is 0 Å². The van der Waals surface area contributed by atoms with Gasteiger partial charge in [-0.2, -0.15) is 5.10 Å². The second-order valence-electron chi connectivity index (χ2n) is 10.1. The third-order valence-corrected chi connectivity index (χ3v) is 5.87. The number of aromatic nitrogens is 4. The Morgan fingerprint density at radius 1 is 1.19 bits per heavy atom. The van der Waals surface area contributed by atoms with Crippen LogP contribution in [-0.2, 0) is 19.0 Å². The van der Waals surface area contributed by atoms with Crippen molar-refractivity contribution in [1.29, 1.82) is 0 Å². The molecule has 1 atom stereocenters. The van der Waals surface area contributed by atoms with Crippen LogP contribution in [0.2, 0.25) is 0 Å². The molecule has 1 saturated heterocycles. The van der Waals surface area contributed by atoms with Gasteiger partial charge in [0.25, 0.3) is 0 Å². The van der Waals surface area contributed by atoms with E-state index in [1.807, 2.05) is 37.7 Å². The van der Waals surface area contributed by atoms with Crippen LogP contribution in [-0.4, -0.2) is 57.9 Å². The van der Waals surface area contributed by atoms with E-state index in [4.69, 9.17) is 23.7 Å². The van der Waals surface area contributed by atoms with E-state index in [0.717, 1.165) is 73.1 Å². The van der Waals surface area contributed by atoms with Crippen molar-refractivity contribution in [2.24, 2.45) is 0 Å². The lowest BCUT2D eigenvalue weighted by Crippen LogP contribution is -2.23. The van der Waals surface area contributed by atoms with E-state index in [2.05, 4.69) is 15.6 Å². The zero-order valence-electron chi connectivity index (χ0n) is 21.5. The molecule has 0 amide bonds. The molecule has 1 unspecified atom stereocenters. The van der Waals surface area contributed by atoms with Crippen molar-refractivity contribution in [3.8, 4) is 11.3 Å². The highest BCUT2D eigenvalue weighted by molar-refractivity contribution is 5.91. The molecule has 0 aromatic carbocycles. The van der Waals surface area contributed by atoms with Gasteiger partial charge in [0.1, 0.15) is 11.9 Å². The quantitative estimate of drug-likeness (QED) is 0.268. The van der Waals surface area contributed by atoms with Gasteiger partial charge in [-0.05, 0) is 58.9 Å². The maximum absolute atomic E-state index is 11.8. The van der Waals surface area contributed by atoms with E-state index in [1.54, 1.807) is 12.5 Å². The molecule has 1 N–H and O–H groups in total. The molecule has 1 aliphatic rings. The van der Waals surface area contributed by atoms with Crippen LogP contribution >= 0.6 is 0 Å². The van der Waals surface area contributed by atoms with Gasteiger partial charge >= 0.3 is 5.97 Å². The van der Waals surface area contributed by atoms with Crippen molar-refractivity contribution in [2.75, 3.05) is 31.7 Å². The molecule has 196 valence electrons. The number of anilines is 1. The van der Waals surface area contributed by atoms with E-state index < -0.39 is 5.60 Å². The number of rotatable bonds is 12. The van der Waals surface area contributed by atoms with Gasteiger partial charge in [-0.25, -0.2) is 9.67 Å². The SMILES string of the molecule is CC(C)(C)OC(=O)CCCCCOCCNc1cc(-c2cnoc2)nc2c1cnn2C1CCCCO1. The van der Waals surface area contributed by atoms with Crippen LogP contribution in [0.1, 0.15) is 71.9 Å². The van der Waals surface area contributed by atoms with E-state index in [9.17, 15) is 4.79 Å². The fraction of sp³-hybridized carbons (Fsp3) is 0.615. The van der Waals surface area contributed by atoms with Gasteiger partial charge in [-0.3, -0.25) is 4.79 Å². The summed E-state index contributed by atoms with van der Waals surface area (Å²) in [5.41, 5.74) is 2.84. The molecule has 0 bridgehead atoms. The molecule has 0 saturated carbocycles. The Morgan fingerprint density at radius 3 is 2.83 bits per heavy atom. The van der Waals surface area contributed by atoms with Crippen molar-refractivity contribution in [3.63, 3.8) is 0 Å². The molecule has 3 aromatic heterocycles. The number of hydrogen-bond donors (Lipinski definition) is 1. The third kappa shape index (κ3) is 7.27. The molecule has 4 rings (SSSR count). The zero-order chi connectivity index (χ0) is 25.4. The Bertz CT molecular complexity index is 1100. The highest BCUT2D eigenvalue weighted by atomic mass is 16.6. The predicted molar refractivity (Wildman–Crippen MR) is 135 cm³/mol. The molecule has 36 heavy (non-hydrogen) atoms. The third-order valence-electron chi connectivity index (χ3n) is 5.87. The first-order valence-corrected chi connectivity index (χ1v) is 12.8. The van der Waals surface area contributed by atoms with Crippen molar-refractivity contribution < 1.29 is 23.5 Å². The van der Waals surface area contributed by atoms with Crippen LogP contribution in [0.15, 0.2) is 29.2 Å². The molecular weight excluding hydrogens is 462 g/mol. The van der Waals surface area contributed by atoms with Gasteiger partial charge in [0.2, 0.25) is 0 Å². The number of esters is 1. The summed E-state index contributed by atoms with van der Waals surface area (Å²) in [7, 11) is 0. The summed E-state index contributed by atoms with van der Waals surface area (Å²) in [6.07, 6.45) is 11.2. The number of nitrogens with zero attached hydrogens (tertiary/aromatic N) is 4. The molecule has 1 aliphatic heterocycles. The number of hydrogen-bond acceptors (Lipinski definition) is 9. The lowest BCUT2D eigenvalue weighted by atomic mass is 10.1. The van der Waals surface area contributed by atoms with Gasteiger partial charge in [-0.1, -0.05) is 11.6 Å². The number of fused-ring (bicyclic) bond motifs is 1. The summed E-state index contributed by atoms with van der Waals surface area (Å²) in [5.74, 6) is -0.139. The summed E-state index contributed by atoms with van der Waals surface area (Å²) in [4.78, 5) is 16.6. The predicted octanol–water partition coefficient (Wildman–Crippen LogP) is 5.12. The average Bonchev–Trinajstić information content (AvgIpc) is 3.53. The molecule has 1 fully saturated rings. The van der Waals surface area contributed by atoms with Crippen molar-refractivity contribution in [3.05, 3.63) is 24.7 Å². The van der Waals surface area contributed by atoms with Crippen molar-refractivity contribution in [1.82, 2.24) is 19.9 Å². The fourth-order valence-electron chi connectivity index (χ4n) is 4.17. The monoisotopic (exact) mass is 499 g/mol. The van der Waals surface area contributed by atoms with Crippen molar-refractivity contribution in [2.45, 2.75) is 77.5 Å². The van der Waals surface area contributed by atoms with Crippen molar-refractivity contribution >= 4 is 22.7 Å². The van der Waals surface area contributed by atoms with Gasteiger partial charge in [0.15, 0.2) is 11.9 Å². The minimum absolute atomic E-state index is 0.104. The first-order chi connectivity index (χ1) is 17.4. The molecular formula is C26H37N5O5. The lowest BCUT2D eigenvalue weighted by molar-refractivity contribution is -0.154. The van der Waals surface area contributed by atoms with Crippen LogP contribution < -0.4 is 5.32 Å². The number of nitrogens with one attached hydrogen (secondary N) is 1. The second-order valence-corrected chi connectivity index (χ2v) is 10.1. The first-order valence-electron chi connectivity index (χ1n) is 12.8. The van der Waals surface area contributed by atoms with E-state index in [-0.39, 0.29) is 12.2 Å². The van der Waals surface area contributed by atoms with Crippen LogP contribution in [0, 0.1) is 0 Å². The average molecular weight is 500 g/mol. The highest BCUT2D eigenvalue weighted by Crippen LogP contribution is 2.31. The Hall–Kier alpha value is -2.98.